The maximum Gasteiger partial charge on any atom is 0.343 e. The molecule has 21 heteroatoms. The van der Waals surface area contributed by atoms with Crippen molar-refractivity contribution in [1.29, 1.82) is 0 Å². The van der Waals surface area contributed by atoms with Crippen molar-refractivity contribution in [2.24, 2.45) is 11.5 Å². The fourth-order valence-corrected chi connectivity index (χ4v) is 5.89. The maximum atomic E-state index is 11.9. The summed E-state index contributed by atoms with van der Waals surface area (Å²) in [4.78, 5) is 52.7. The van der Waals surface area contributed by atoms with Gasteiger partial charge in [0, 0.05) is 17.9 Å². The van der Waals surface area contributed by atoms with Crippen LogP contribution < -0.4 is 11.5 Å². The molecule has 0 aliphatic carbocycles. The highest BCUT2D eigenvalue weighted by Crippen LogP contribution is 2.55. The lowest BCUT2D eigenvalue weighted by Gasteiger charge is -2.15. The second kappa shape index (κ2) is 18.4. The van der Waals surface area contributed by atoms with Gasteiger partial charge in [0.05, 0.1) is 13.2 Å². The van der Waals surface area contributed by atoms with Crippen LogP contribution in [0.4, 0.5) is 0 Å². The summed E-state index contributed by atoms with van der Waals surface area (Å²) in [7, 11) is 2.27. The van der Waals surface area contributed by atoms with Gasteiger partial charge < -0.3 is 56.7 Å². The monoisotopic (exact) mass is 644 g/mol. The number of aliphatic carboxylic acids is 3. The molecule has 1 heterocycles. The molecule has 1 saturated heterocycles. The second-order valence-electron chi connectivity index (χ2n) is 6.99. The van der Waals surface area contributed by atoms with E-state index in [1.54, 1.807) is 0 Å². The van der Waals surface area contributed by atoms with Gasteiger partial charge in [-0.05, 0) is 0 Å². The minimum atomic E-state index is -1.92. The van der Waals surface area contributed by atoms with Crippen molar-refractivity contribution in [2.75, 3.05) is 24.7 Å². The number of thioether (sulfide) groups is 2. The zero-order chi connectivity index (χ0) is 29.6. The molecular formula is C17H28N2O14S5. The number of aliphatic hydroxyl groups is 4. The number of rotatable bonds is 17. The van der Waals surface area contributed by atoms with Gasteiger partial charge in [0.15, 0.2) is 0 Å². The average Bonchev–Trinajstić information content (AvgIpc) is 3.48. The Morgan fingerprint density at radius 1 is 0.921 bits per heavy atom. The van der Waals surface area contributed by atoms with E-state index in [1.807, 2.05) is 0 Å². The van der Waals surface area contributed by atoms with Gasteiger partial charge in [-0.25, -0.2) is 14.4 Å². The summed E-state index contributed by atoms with van der Waals surface area (Å²) < 4.78 is 9.80. The molecule has 0 spiro atoms. The molecule has 0 aromatic heterocycles. The molecule has 0 radical (unpaired) electrons. The van der Waals surface area contributed by atoms with Crippen LogP contribution in [0.25, 0.3) is 0 Å². The Kier molecular flexibility index (Phi) is 17.9. The summed E-state index contributed by atoms with van der Waals surface area (Å²) in [5.41, 5.74) is 6.55. The van der Waals surface area contributed by atoms with Gasteiger partial charge in [-0.2, -0.15) is 12.6 Å². The zero-order valence-corrected chi connectivity index (χ0v) is 23.4. The normalized spacial score (nSPS) is 22.0. The highest BCUT2D eigenvalue weighted by Gasteiger charge is 2.57. The molecular weight excluding hydrogens is 617 g/mol. The number of aliphatic hydroxyl groups excluding tert-OH is 3. The Hall–Kier alpha value is -0.980. The molecule has 1 fully saturated rings. The summed E-state index contributed by atoms with van der Waals surface area (Å²) in [6.45, 7) is -0.132. The van der Waals surface area contributed by atoms with E-state index in [2.05, 4.69) is 17.4 Å². The predicted octanol–water partition coefficient (Wildman–Crippen LogP) is -2.84. The van der Waals surface area contributed by atoms with Crippen molar-refractivity contribution in [3.63, 3.8) is 0 Å². The Labute approximate surface area is 237 Å². The number of nitrogens with two attached hydrogens (primary N) is 2. The third-order valence-corrected chi connectivity index (χ3v) is 8.88. The molecule has 1 aliphatic heterocycles. The number of carboxylic acids is 3. The summed E-state index contributed by atoms with van der Waals surface area (Å²) in [6.07, 6.45) is -0.101. The minimum Gasteiger partial charge on any atom is -0.480 e. The number of carbonyl (C=O) groups excluding carboxylic acids is 2. The van der Waals surface area contributed by atoms with Crippen LogP contribution in [-0.2, 0) is 33.4 Å². The van der Waals surface area contributed by atoms with Crippen molar-refractivity contribution in [2.45, 2.75) is 45.0 Å². The Balaban J connectivity index is 0.00000105. The molecule has 0 saturated carbocycles. The topological polar surface area (TPSA) is 297 Å². The van der Waals surface area contributed by atoms with Crippen LogP contribution in [0.15, 0.2) is 0 Å². The van der Waals surface area contributed by atoms with Crippen LogP contribution in [0.1, 0.15) is 6.42 Å². The molecule has 0 bridgehead atoms. The molecule has 1 aliphatic rings. The largest absolute Gasteiger partial charge is 0.480 e. The van der Waals surface area contributed by atoms with Gasteiger partial charge in [-0.15, -0.1) is 0 Å². The molecule has 220 valence electrons. The van der Waals surface area contributed by atoms with E-state index in [-0.39, 0.29) is 42.9 Å². The molecule has 1 rings (SSSR count). The average molecular weight is 645 g/mol. The van der Waals surface area contributed by atoms with Crippen molar-refractivity contribution < 1.29 is 69.2 Å². The SMILES string of the molecule is NC(CSSC[C@H](N)C(=O)OC(=O)C(S)CC1(O)SC1OCCO)C(=O)O.O=C(O)C(O)SC(O)C(=O)O. The van der Waals surface area contributed by atoms with Crippen LogP contribution in [0.2, 0.25) is 0 Å². The first-order chi connectivity index (χ1) is 17.5. The van der Waals surface area contributed by atoms with Gasteiger partial charge in [0.1, 0.15) is 27.7 Å². The number of hydrogen-bond acceptors (Lipinski definition) is 18. The van der Waals surface area contributed by atoms with E-state index in [0.717, 1.165) is 33.3 Å². The molecule has 16 nitrogen and oxygen atoms in total. The summed E-state index contributed by atoms with van der Waals surface area (Å²) in [6, 6.07) is -2.11. The first-order valence-corrected chi connectivity index (χ1v) is 14.9. The number of carboxylic acid groups (broad SMARTS) is 3. The lowest BCUT2D eigenvalue weighted by molar-refractivity contribution is -0.160. The zero-order valence-electron chi connectivity index (χ0n) is 19.2. The van der Waals surface area contributed by atoms with Crippen molar-refractivity contribution in [3.8, 4) is 0 Å². The van der Waals surface area contributed by atoms with Crippen LogP contribution in [0.3, 0.4) is 0 Å². The van der Waals surface area contributed by atoms with Crippen molar-refractivity contribution >= 4 is 87.6 Å². The van der Waals surface area contributed by atoms with Gasteiger partial charge in [0.2, 0.25) is 10.9 Å². The first-order valence-electron chi connectivity index (χ1n) is 10.1. The van der Waals surface area contributed by atoms with Crippen molar-refractivity contribution in [3.05, 3.63) is 0 Å². The lowest BCUT2D eigenvalue weighted by atomic mass is 10.2. The fraction of sp³-hybridized carbons (Fsp3) is 0.706. The number of thiol groups is 1. The van der Waals surface area contributed by atoms with E-state index in [9.17, 15) is 29.1 Å². The standard InChI is InChI=1S/C13H22N2O8S4.C4H6O6S/c14-6(9(17)18)4-25-26-5-7(15)10(19)23-11(20)8(24)3-13(21)12(27-13)22-2-1-16;5-1(6)3(9)11-4(10)2(7)8/h6-8,12,16,21,24H,1-5,14-15H2,(H,17,18);3-4,9-10H,(H,5,6)(H,7,8)/t6?,7-,8?,12?,13?;/m0./s1. The Morgan fingerprint density at radius 2 is 1.42 bits per heavy atom. The third-order valence-electron chi connectivity index (χ3n) is 3.82. The molecule has 0 aromatic carbocycles. The quantitative estimate of drug-likeness (QED) is 0.0145. The van der Waals surface area contributed by atoms with E-state index in [0.29, 0.717) is 0 Å². The van der Waals surface area contributed by atoms with Gasteiger partial charge >= 0.3 is 29.8 Å². The molecule has 38 heavy (non-hydrogen) atoms. The first kappa shape index (κ1) is 37.0. The number of hydrogen-bond donors (Lipinski definition) is 10. The van der Waals surface area contributed by atoms with Crippen molar-refractivity contribution in [1.82, 2.24) is 0 Å². The fourth-order valence-electron chi connectivity index (χ4n) is 1.84. The van der Waals surface area contributed by atoms with E-state index >= 15 is 0 Å². The van der Waals surface area contributed by atoms with E-state index < -0.39 is 68.4 Å². The molecule has 11 N–H and O–H groups in total. The highest BCUT2D eigenvalue weighted by molar-refractivity contribution is 8.76. The maximum absolute atomic E-state index is 11.9. The smallest absolute Gasteiger partial charge is 0.343 e. The van der Waals surface area contributed by atoms with Crippen LogP contribution in [-0.4, -0.2) is 129 Å². The van der Waals surface area contributed by atoms with E-state index in [1.165, 1.54) is 0 Å². The van der Waals surface area contributed by atoms with Gasteiger partial charge in [-0.1, -0.05) is 45.1 Å². The summed E-state index contributed by atoms with van der Waals surface area (Å²) >= 11 is 5.13. The van der Waals surface area contributed by atoms with Gasteiger partial charge in [-0.3, -0.25) is 9.59 Å². The minimum absolute atomic E-state index is 0.0278. The number of esters is 2. The molecule has 7 atom stereocenters. The predicted molar refractivity (Wildman–Crippen MR) is 141 cm³/mol. The number of carbonyl (C=O) groups is 5. The molecule has 0 amide bonds. The lowest BCUT2D eigenvalue weighted by Crippen LogP contribution is -2.38. The third kappa shape index (κ3) is 15.0. The second-order valence-corrected chi connectivity index (χ2v) is 12.7. The van der Waals surface area contributed by atoms with Gasteiger partial charge in [0.25, 0.3) is 0 Å². The Morgan fingerprint density at radius 3 is 1.87 bits per heavy atom. The summed E-state index contributed by atoms with van der Waals surface area (Å²) in [5, 5.41) is 59.4. The molecule has 6 unspecified atom stereocenters. The van der Waals surface area contributed by atoms with Crippen LogP contribution in [0, 0.1) is 0 Å². The van der Waals surface area contributed by atoms with Crippen LogP contribution in [0.5, 0.6) is 0 Å². The van der Waals surface area contributed by atoms with E-state index in [4.69, 9.17) is 46.8 Å². The highest BCUT2D eigenvalue weighted by atomic mass is 33.1. The molecule has 0 aromatic rings. The number of ether oxygens (including phenoxy) is 2. The summed E-state index contributed by atoms with van der Waals surface area (Å²) in [5.74, 6) is -5.96. The van der Waals surface area contributed by atoms with Crippen LogP contribution >= 0.6 is 57.7 Å². The Bertz CT molecular complexity index is 808.